The zero-order chi connectivity index (χ0) is 18.0. The number of urea groups is 1. The molecular weight excluding hydrogens is 346 g/mol. The van der Waals surface area contributed by atoms with E-state index in [0.717, 1.165) is 25.7 Å². The van der Waals surface area contributed by atoms with Crippen LogP contribution < -0.4 is 10.6 Å². The van der Waals surface area contributed by atoms with E-state index in [2.05, 4.69) is 10.6 Å². The third-order valence-corrected chi connectivity index (χ3v) is 6.51. The normalized spacial score (nSPS) is 28.8. The molecule has 3 fully saturated rings. The summed E-state index contributed by atoms with van der Waals surface area (Å²) in [6.07, 6.45) is 5.11. The number of fused-ring (bicyclic) bond motifs is 1. The highest BCUT2D eigenvalue weighted by atomic mass is 32.2. The van der Waals surface area contributed by atoms with Gasteiger partial charge in [0.05, 0.1) is 4.87 Å². The fraction of sp³-hybridized carbons (Fsp3) is 0.750. The lowest BCUT2D eigenvalue weighted by Gasteiger charge is -2.29. The van der Waals surface area contributed by atoms with Crippen LogP contribution in [0.2, 0.25) is 0 Å². The molecule has 138 valence electrons. The number of hydrogen-bond acceptors (Lipinski definition) is 6. The number of ether oxygens (including phenoxy) is 1. The molecule has 25 heavy (non-hydrogen) atoms. The molecule has 8 nitrogen and oxygen atoms in total. The minimum absolute atomic E-state index is 0.0603. The van der Waals surface area contributed by atoms with Crippen LogP contribution >= 0.6 is 11.8 Å². The first-order valence-electron chi connectivity index (χ1n) is 8.62. The molecule has 9 heteroatoms. The van der Waals surface area contributed by atoms with Gasteiger partial charge in [0.2, 0.25) is 5.91 Å². The molecule has 0 aromatic carbocycles. The molecule has 2 aliphatic heterocycles. The SMILES string of the molecule is C[C@]12CCC(=O)N1[C@@H](C(=O)OCC(=O)NC(=O)NC1CCCC1)CS2. The highest BCUT2D eigenvalue weighted by Crippen LogP contribution is 2.47. The van der Waals surface area contributed by atoms with Gasteiger partial charge in [0.15, 0.2) is 6.61 Å². The molecule has 2 N–H and O–H groups in total. The summed E-state index contributed by atoms with van der Waals surface area (Å²) in [6.45, 7) is 1.41. The Balaban J connectivity index is 1.43. The molecule has 2 saturated heterocycles. The van der Waals surface area contributed by atoms with Crippen molar-refractivity contribution >= 4 is 35.6 Å². The second-order valence-corrected chi connectivity index (χ2v) is 8.38. The van der Waals surface area contributed by atoms with E-state index in [4.69, 9.17) is 4.74 Å². The summed E-state index contributed by atoms with van der Waals surface area (Å²) in [5, 5.41) is 4.89. The number of carbonyl (C=O) groups is 4. The van der Waals surface area contributed by atoms with Gasteiger partial charge in [-0.05, 0) is 26.2 Å². The third kappa shape index (κ3) is 3.91. The van der Waals surface area contributed by atoms with Crippen LogP contribution in [-0.2, 0) is 19.1 Å². The van der Waals surface area contributed by atoms with E-state index in [1.807, 2.05) is 6.92 Å². The van der Waals surface area contributed by atoms with Gasteiger partial charge in [-0.3, -0.25) is 14.9 Å². The summed E-state index contributed by atoms with van der Waals surface area (Å²) in [6, 6.07) is -1.12. The number of hydrogen-bond donors (Lipinski definition) is 2. The Morgan fingerprint density at radius 3 is 2.76 bits per heavy atom. The minimum Gasteiger partial charge on any atom is -0.454 e. The first-order chi connectivity index (χ1) is 11.9. The van der Waals surface area contributed by atoms with E-state index in [9.17, 15) is 19.2 Å². The first-order valence-corrected chi connectivity index (χ1v) is 9.61. The van der Waals surface area contributed by atoms with Crippen LogP contribution in [-0.4, -0.2) is 58.0 Å². The van der Waals surface area contributed by atoms with Gasteiger partial charge in [0, 0.05) is 18.2 Å². The molecular formula is C16H23N3O5S. The summed E-state index contributed by atoms with van der Waals surface area (Å²) < 4.78 is 5.02. The second-order valence-electron chi connectivity index (χ2n) is 6.88. The zero-order valence-corrected chi connectivity index (χ0v) is 15.0. The monoisotopic (exact) mass is 369 g/mol. The van der Waals surface area contributed by atoms with Gasteiger partial charge in [-0.15, -0.1) is 11.8 Å². The smallest absolute Gasteiger partial charge is 0.330 e. The van der Waals surface area contributed by atoms with Crippen molar-refractivity contribution in [1.82, 2.24) is 15.5 Å². The average molecular weight is 369 g/mol. The van der Waals surface area contributed by atoms with Crippen LogP contribution in [0.3, 0.4) is 0 Å². The zero-order valence-electron chi connectivity index (χ0n) is 14.2. The molecule has 0 radical (unpaired) electrons. The van der Waals surface area contributed by atoms with Crippen molar-refractivity contribution in [2.45, 2.75) is 62.4 Å². The van der Waals surface area contributed by atoms with Crippen LogP contribution in [0, 0.1) is 0 Å². The van der Waals surface area contributed by atoms with Crippen molar-refractivity contribution in [3.05, 3.63) is 0 Å². The first kappa shape index (κ1) is 18.0. The summed E-state index contributed by atoms with van der Waals surface area (Å²) in [7, 11) is 0. The fourth-order valence-electron chi connectivity index (χ4n) is 3.68. The fourth-order valence-corrected chi connectivity index (χ4v) is 5.10. The van der Waals surface area contributed by atoms with E-state index < -0.39 is 30.6 Å². The van der Waals surface area contributed by atoms with E-state index in [0.29, 0.717) is 18.6 Å². The number of carbonyl (C=O) groups excluding carboxylic acids is 4. The second kappa shape index (κ2) is 7.23. The highest BCUT2D eigenvalue weighted by Gasteiger charge is 2.53. The summed E-state index contributed by atoms with van der Waals surface area (Å²) in [5.74, 6) is -0.872. The van der Waals surface area contributed by atoms with Gasteiger partial charge in [-0.25, -0.2) is 9.59 Å². The lowest BCUT2D eigenvalue weighted by Crippen LogP contribution is -2.48. The molecule has 0 aromatic rings. The van der Waals surface area contributed by atoms with Gasteiger partial charge in [0.25, 0.3) is 5.91 Å². The Labute approximate surface area is 150 Å². The summed E-state index contributed by atoms with van der Waals surface area (Å²) >= 11 is 1.56. The van der Waals surface area contributed by atoms with Gasteiger partial charge in [0.1, 0.15) is 6.04 Å². The third-order valence-electron chi connectivity index (χ3n) is 5.01. The summed E-state index contributed by atoms with van der Waals surface area (Å²) in [4.78, 5) is 48.9. The standard InChI is InChI=1S/C16H23N3O5S/c1-16-7-6-13(21)19(16)11(9-25-16)14(22)24-8-12(20)18-15(23)17-10-4-2-3-5-10/h10-11H,2-9H2,1H3,(H2,17,18,20,23)/t11-,16+/m1/s1. The van der Waals surface area contributed by atoms with Crippen LogP contribution in [0.1, 0.15) is 45.4 Å². The number of imide groups is 1. The Morgan fingerprint density at radius 2 is 2.04 bits per heavy atom. The lowest BCUT2D eigenvalue weighted by atomic mass is 10.2. The van der Waals surface area contributed by atoms with Gasteiger partial charge in [-0.2, -0.15) is 0 Å². The Bertz CT molecular complexity index is 592. The van der Waals surface area contributed by atoms with Crippen molar-refractivity contribution in [3.8, 4) is 0 Å². The Morgan fingerprint density at radius 1 is 1.32 bits per heavy atom. The summed E-state index contributed by atoms with van der Waals surface area (Å²) in [5.41, 5.74) is 0. The molecule has 3 rings (SSSR count). The van der Waals surface area contributed by atoms with Crippen LogP contribution in [0.15, 0.2) is 0 Å². The molecule has 0 aromatic heterocycles. The predicted octanol–water partition coefficient (Wildman–Crippen LogP) is 0.752. The number of nitrogens with one attached hydrogen (secondary N) is 2. The molecule has 0 bridgehead atoms. The van der Waals surface area contributed by atoms with E-state index in [1.54, 1.807) is 16.7 Å². The number of nitrogens with zero attached hydrogens (tertiary/aromatic N) is 1. The topological polar surface area (TPSA) is 105 Å². The van der Waals surface area contributed by atoms with Gasteiger partial charge >= 0.3 is 12.0 Å². The number of rotatable bonds is 4. The molecule has 4 amide bonds. The van der Waals surface area contributed by atoms with Crippen molar-refractivity contribution in [1.29, 1.82) is 0 Å². The van der Waals surface area contributed by atoms with Crippen molar-refractivity contribution in [2.75, 3.05) is 12.4 Å². The lowest BCUT2D eigenvalue weighted by molar-refractivity contribution is -0.156. The maximum atomic E-state index is 12.2. The molecule has 3 aliphatic rings. The van der Waals surface area contributed by atoms with Gasteiger partial charge in [-0.1, -0.05) is 12.8 Å². The molecule has 1 saturated carbocycles. The Kier molecular flexibility index (Phi) is 5.21. The number of amides is 4. The van der Waals surface area contributed by atoms with E-state index in [-0.39, 0.29) is 16.8 Å². The van der Waals surface area contributed by atoms with Crippen molar-refractivity contribution < 1.29 is 23.9 Å². The maximum Gasteiger partial charge on any atom is 0.330 e. The molecule has 2 heterocycles. The van der Waals surface area contributed by atoms with E-state index >= 15 is 0 Å². The average Bonchev–Trinajstić information content (AvgIpc) is 3.24. The predicted molar refractivity (Wildman–Crippen MR) is 90.6 cm³/mol. The highest BCUT2D eigenvalue weighted by molar-refractivity contribution is 8.01. The minimum atomic E-state index is -0.676. The van der Waals surface area contributed by atoms with Crippen LogP contribution in [0.25, 0.3) is 0 Å². The molecule has 2 atom stereocenters. The molecule has 0 unspecified atom stereocenters. The van der Waals surface area contributed by atoms with Crippen molar-refractivity contribution in [3.63, 3.8) is 0 Å². The van der Waals surface area contributed by atoms with Gasteiger partial charge < -0.3 is 15.0 Å². The maximum absolute atomic E-state index is 12.2. The van der Waals surface area contributed by atoms with Crippen LogP contribution in [0.4, 0.5) is 4.79 Å². The van der Waals surface area contributed by atoms with Crippen LogP contribution in [0.5, 0.6) is 0 Å². The number of thioether (sulfide) groups is 1. The van der Waals surface area contributed by atoms with Crippen molar-refractivity contribution in [2.24, 2.45) is 0 Å². The quantitative estimate of drug-likeness (QED) is 0.709. The largest absolute Gasteiger partial charge is 0.454 e. The Hall–Kier alpha value is -1.77. The molecule has 0 spiro atoms. The van der Waals surface area contributed by atoms with E-state index in [1.165, 1.54) is 0 Å². The molecule has 1 aliphatic carbocycles. The number of esters is 1.